The number of carboxylic acid groups (broad SMARTS) is 1. The van der Waals surface area contributed by atoms with E-state index in [1.54, 1.807) is 4.90 Å². The van der Waals surface area contributed by atoms with Crippen LogP contribution in [0.3, 0.4) is 0 Å². The third-order valence-corrected chi connectivity index (χ3v) is 7.78. The van der Waals surface area contributed by atoms with Gasteiger partial charge in [-0.15, -0.1) is 0 Å². The number of aliphatic carboxylic acids is 1. The van der Waals surface area contributed by atoms with Gasteiger partial charge in [0.1, 0.15) is 6.04 Å². The van der Waals surface area contributed by atoms with Crippen molar-refractivity contribution in [3.8, 4) is 0 Å². The summed E-state index contributed by atoms with van der Waals surface area (Å²) in [5.41, 5.74) is 3.95. The number of hydrogen-bond donors (Lipinski definition) is 2. The van der Waals surface area contributed by atoms with Crippen LogP contribution in [0.2, 0.25) is 0 Å². The molecule has 33 heavy (non-hydrogen) atoms. The number of amides is 2. The molecule has 3 aliphatic rings. The number of aryl methyl sites for hydroxylation is 3. The number of ether oxygens (including phenoxy) is 1. The molecule has 2 aliphatic carbocycles. The van der Waals surface area contributed by atoms with Gasteiger partial charge in [0, 0.05) is 36.5 Å². The van der Waals surface area contributed by atoms with Crippen molar-refractivity contribution in [1.29, 1.82) is 0 Å². The van der Waals surface area contributed by atoms with Gasteiger partial charge in [0.05, 0.1) is 6.10 Å². The lowest BCUT2D eigenvalue weighted by Crippen LogP contribution is -2.51. The van der Waals surface area contributed by atoms with Gasteiger partial charge in [-0.2, -0.15) is 0 Å². The number of carboxylic acids is 1. The van der Waals surface area contributed by atoms with Crippen molar-refractivity contribution in [1.82, 2.24) is 15.2 Å². The number of urea groups is 1. The second kappa shape index (κ2) is 10.9. The first kappa shape index (κ1) is 24.0. The maximum absolute atomic E-state index is 12.6. The number of nitrogens with zero attached hydrogens (tertiary/aromatic N) is 2. The Labute approximate surface area is 197 Å². The maximum Gasteiger partial charge on any atom is 0.326 e. The van der Waals surface area contributed by atoms with E-state index >= 15 is 0 Å². The van der Waals surface area contributed by atoms with Crippen LogP contribution in [0, 0.1) is 5.92 Å². The summed E-state index contributed by atoms with van der Waals surface area (Å²) in [5, 5.41) is 12.2. The minimum Gasteiger partial charge on any atom is -0.480 e. The molecule has 1 saturated carbocycles. The van der Waals surface area contributed by atoms with Crippen LogP contribution in [0.5, 0.6) is 0 Å². The summed E-state index contributed by atoms with van der Waals surface area (Å²) in [6.07, 6.45) is 11.5. The van der Waals surface area contributed by atoms with Gasteiger partial charge < -0.3 is 20.1 Å². The van der Waals surface area contributed by atoms with E-state index in [0.29, 0.717) is 12.5 Å². The second-order valence-corrected chi connectivity index (χ2v) is 10.3. The zero-order chi connectivity index (χ0) is 23.4. The van der Waals surface area contributed by atoms with Gasteiger partial charge in [0.15, 0.2) is 0 Å². The minimum absolute atomic E-state index is 0.147. The molecule has 0 spiro atoms. The number of likely N-dealkylation sites (tertiary alicyclic amines) is 1. The number of carbonyl (C=O) groups is 2. The fourth-order valence-corrected chi connectivity index (χ4v) is 5.59. The quantitative estimate of drug-likeness (QED) is 0.582. The molecule has 0 radical (unpaired) electrons. The fourth-order valence-electron chi connectivity index (χ4n) is 5.59. The molecule has 7 heteroatoms. The molecule has 0 bridgehead atoms. The molecule has 2 N–H and O–H groups in total. The molecule has 4 rings (SSSR count). The van der Waals surface area contributed by atoms with Crippen LogP contribution in [-0.2, 0) is 28.8 Å². The molecule has 2 amide bonds. The smallest absolute Gasteiger partial charge is 0.326 e. The molecule has 1 saturated heterocycles. The third-order valence-electron chi connectivity index (χ3n) is 7.78. The van der Waals surface area contributed by atoms with Crippen molar-refractivity contribution >= 4 is 12.0 Å². The van der Waals surface area contributed by atoms with Crippen LogP contribution >= 0.6 is 0 Å². The lowest BCUT2D eigenvalue weighted by Gasteiger charge is -2.35. The Morgan fingerprint density at radius 3 is 2.64 bits per heavy atom. The zero-order valence-electron chi connectivity index (χ0n) is 20.1. The van der Waals surface area contributed by atoms with Crippen LogP contribution in [0.25, 0.3) is 0 Å². The lowest BCUT2D eigenvalue weighted by atomic mass is 9.79. The maximum atomic E-state index is 12.6. The Kier molecular flexibility index (Phi) is 7.89. The second-order valence-electron chi connectivity index (χ2n) is 10.3. The van der Waals surface area contributed by atoms with Crippen LogP contribution in [0.15, 0.2) is 12.1 Å². The van der Waals surface area contributed by atoms with E-state index in [1.807, 2.05) is 13.8 Å². The average molecular weight is 458 g/mol. The van der Waals surface area contributed by atoms with Gasteiger partial charge in [-0.1, -0.05) is 6.07 Å². The summed E-state index contributed by atoms with van der Waals surface area (Å²) < 4.78 is 5.92. The van der Waals surface area contributed by atoms with E-state index in [0.717, 1.165) is 44.9 Å². The van der Waals surface area contributed by atoms with Crippen molar-refractivity contribution in [2.75, 3.05) is 6.61 Å². The van der Waals surface area contributed by atoms with Crippen molar-refractivity contribution in [2.45, 2.75) is 109 Å². The number of rotatable bonds is 9. The first-order chi connectivity index (χ1) is 15.9. The molecule has 2 fully saturated rings. The summed E-state index contributed by atoms with van der Waals surface area (Å²) in [6, 6.07) is 3.57. The van der Waals surface area contributed by atoms with Gasteiger partial charge in [0.25, 0.3) is 0 Å². The lowest BCUT2D eigenvalue weighted by molar-refractivity contribution is -0.140. The molecule has 1 aromatic rings. The number of hydrogen-bond acceptors (Lipinski definition) is 4. The van der Waals surface area contributed by atoms with Gasteiger partial charge >= 0.3 is 12.0 Å². The summed E-state index contributed by atoms with van der Waals surface area (Å²) in [5.74, 6) is -0.351. The van der Waals surface area contributed by atoms with Crippen molar-refractivity contribution < 1.29 is 19.4 Å². The first-order valence-corrected chi connectivity index (χ1v) is 12.8. The van der Waals surface area contributed by atoms with Gasteiger partial charge in [-0.25, -0.2) is 9.59 Å². The highest BCUT2D eigenvalue weighted by atomic mass is 16.5. The Morgan fingerprint density at radius 1 is 1.18 bits per heavy atom. The molecule has 1 aliphatic heterocycles. The molecule has 0 unspecified atom stereocenters. The Morgan fingerprint density at radius 2 is 1.91 bits per heavy atom. The summed E-state index contributed by atoms with van der Waals surface area (Å²) in [7, 11) is 0. The van der Waals surface area contributed by atoms with Crippen molar-refractivity contribution in [3.05, 3.63) is 29.1 Å². The zero-order valence-corrected chi connectivity index (χ0v) is 20.1. The number of pyridine rings is 1. The number of fused-ring (bicyclic) bond motifs is 1. The van der Waals surface area contributed by atoms with Crippen molar-refractivity contribution in [3.63, 3.8) is 0 Å². The number of carbonyl (C=O) groups excluding carboxylic acids is 1. The predicted molar refractivity (Wildman–Crippen MR) is 126 cm³/mol. The topological polar surface area (TPSA) is 91.8 Å². The van der Waals surface area contributed by atoms with E-state index in [4.69, 9.17) is 9.72 Å². The van der Waals surface area contributed by atoms with E-state index in [9.17, 15) is 14.7 Å². The Balaban J connectivity index is 1.13. The van der Waals surface area contributed by atoms with Gasteiger partial charge in [-0.05, 0) is 95.6 Å². The van der Waals surface area contributed by atoms with Crippen LogP contribution < -0.4 is 5.32 Å². The largest absolute Gasteiger partial charge is 0.480 e. The van der Waals surface area contributed by atoms with Gasteiger partial charge in [-0.3, -0.25) is 4.98 Å². The predicted octanol–water partition coefficient (Wildman–Crippen LogP) is 4.11. The van der Waals surface area contributed by atoms with E-state index in [1.165, 1.54) is 36.2 Å². The summed E-state index contributed by atoms with van der Waals surface area (Å²) in [6.45, 7) is 4.37. The monoisotopic (exact) mass is 457 g/mol. The number of aromatic nitrogens is 1. The molecule has 0 aromatic carbocycles. The SMILES string of the molecule is C[C@@H]1CC[C@H](C)N1C(=O)N[C@@H](CCOC1CC(CCc2ccc3c(n2)CCCC3)C1)C(=O)O. The van der Waals surface area contributed by atoms with Crippen LogP contribution in [-0.4, -0.2) is 57.8 Å². The Hall–Kier alpha value is -2.15. The molecule has 1 aromatic heterocycles. The summed E-state index contributed by atoms with van der Waals surface area (Å²) >= 11 is 0. The van der Waals surface area contributed by atoms with Crippen LogP contribution in [0.1, 0.15) is 82.2 Å². The normalized spacial score (nSPS) is 27.5. The van der Waals surface area contributed by atoms with Gasteiger partial charge in [0.2, 0.25) is 0 Å². The fraction of sp³-hybridized carbons (Fsp3) is 0.731. The first-order valence-electron chi connectivity index (χ1n) is 12.8. The number of nitrogens with one attached hydrogen (secondary N) is 1. The van der Waals surface area contributed by atoms with E-state index in [-0.39, 0.29) is 30.6 Å². The molecule has 2 heterocycles. The van der Waals surface area contributed by atoms with E-state index < -0.39 is 12.0 Å². The molecular formula is C26H39N3O4. The molecular weight excluding hydrogens is 418 g/mol. The average Bonchev–Trinajstić information content (AvgIpc) is 3.11. The molecule has 3 atom stereocenters. The molecule has 182 valence electrons. The minimum atomic E-state index is -1.00. The summed E-state index contributed by atoms with van der Waals surface area (Å²) in [4.78, 5) is 30.9. The standard InChI is InChI=1S/C26H39N3O4/c1-17-7-8-18(2)29(17)26(32)28-24(25(30)31)13-14-33-22-15-19(16-22)9-11-21-12-10-20-5-3-4-6-23(20)27-21/h10,12,17-19,22,24H,3-9,11,13-16H2,1-2H3,(H,28,32)(H,30,31)/t17-,18+,19?,22?,24-/m0/s1. The highest BCUT2D eigenvalue weighted by Gasteiger charge is 2.34. The van der Waals surface area contributed by atoms with E-state index in [2.05, 4.69) is 17.4 Å². The van der Waals surface area contributed by atoms with Crippen molar-refractivity contribution in [2.24, 2.45) is 5.92 Å². The molecule has 7 nitrogen and oxygen atoms in total. The third kappa shape index (κ3) is 6.05. The highest BCUT2D eigenvalue weighted by Crippen LogP contribution is 2.34. The van der Waals surface area contributed by atoms with Crippen LogP contribution in [0.4, 0.5) is 4.79 Å². The highest BCUT2D eigenvalue weighted by molar-refractivity contribution is 5.83. The Bertz CT molecular complexity index is 829.